The van der Waals surface area contributed by atoms with Crippen LogP contribution < -0.4 is 16.4 Å². The number of hydrogen-bond donors (Lipinski definition) is 3. The predicted molar refractivity (Wildman–Crippen MR) is 165 cm³/mol. The molecule has 9 nitrogen and oxygen atoms in total. The number of fused-ring (bicyclic) bond motifs is 1. The first kappa shape index (κ1) is 32.1. The molecule has 224 valence electrons. The molecule has 0 aliphatic carbocycles. The fourth-order valence-corrected chi connectivity index (χ4v) is 4.79. The monoisotopic (exact) mass is 574 g/mol. The Morgan fingerprint density at radius 2 is 1.62 bits per heavy atom. The second-order valence-electron chi connectivity index (χ2n) is 11.6. The van der Waals surface area contributed by atoms with Crippen molar-refractivity contribution < 1.29 is 23.9 Å². The highest BCUT2D eigenvalue weighted by atomic mass is 16.6. The van der Waals surface area contributed by atoms with E-state index in [1.54, 1.807) is 20.8 Å². The van der Waals surface area contributed by atoms with Gasteiger partial charge in [0, 0.05) is 11.7 Å². The normalized spacial score (nSPS) is 13.5. The zero-order valence-electron chi connectivity index (χ0n) is 25.5. The van der Waals surface area contributed by atoms with Gasteiger partial charge in [0.05, 0.1) is 6.42 Å². The van der Waals surface area contributed by atoms with Crippen molar-refractivity contribution in [3.63, 3.8) is 0 Å². The minimum Gasteiger partial charge on any atom is -0.444 e. The Balaban J connectivity index is 2.10. The van der Waals surface area contributed by atoms with Gasteiger partial charge in [-0.1, -0.05) is 55.5 Å². The van der Waals surface area contributed by atoms with Gasteiger partial charge < -0.3 is 26.0 Å². The third kappa shape index (κ3) is 8.09. The highest BCUT2D eigenvalue weighted by Gasteiger charge is 2.39. The van der Waals surface area contributed by atoms with E-state index in [4.69, 9.17) is 10.5 Å². The molecule has 0 heterocycles. The van der Waals surface area contributed by atoms with Crippen LogP contribution in [0.15, 0.2) is 60.7 Å². The molecule has 42 heavy (non-hydrogen) atoms. The molecule has 4 amide bonds. The Hall–Kier alpha value is -4.40. The molecule has 3 unspecified atom stereocenters. The molecular weight excluding hydrogens is 532 g/mol. The quantitative estimate of drug-likeness (QED) is 0.293. The number of nitrogens with one attached hydrogen (secondary N) is 2. The molecule has 0 aliphatic rings. The molecule has 0 bridgehead atoms. The molecular formula is C33H42N4O5. The van der Waals surface area contributed by atoms with Crippen LogP contribution in [0, 0.1) is 13.8 Å². The van der Waals surface area contributed by atoms with Crippen LogP contribution in [0.2, 0.25) is 0 Å². The predicted octanol–water partition coefficient (Wildman–Crippen LogP) is 5.53. The topological polar surface area (TPSA) is 131 Å². The van der Waals surface area contributed by atoms with E-state index in [0.29, 0.717) is 17.7 Å². The molecule has 0 spiro atoms. The third-order valence-corrected chi connectivity index (χ3v) is 7.20. The Morgan fingerprint density at radius 1 is 0.952 bits per heavy atom. The first-order valence-electron chi connectivity index (χ1n) is 14.2. The molecule has 3 aromatic carbocycles. The highest BCUT2D eigenvalue weighted by molar-refractivity contribution is 6.01. The molecule has 3 atom stereocenters. The molecule has 0 saturated heterocycles. The van der Waals surface area contributed by atoms with Crippen molar-refractivity contribution in [3.05, 3.63) is 77.4 Å². The van der Waals surface area contributed by atoms with Gasteiger partial charge in [-0.2, -0.15) is 0 Å². The Morgan fingerprint density at radius 3 is 2.24 bits per heavy atom. The lowest BCUT2D eigenvalue weighted by Crippen LogP contribution is -2.55. The van der Waals surface area contributed by atoms with Crippen molar-refractivity contribution in [3.8, 4) is 0 Å². The highest BCUT2D eigenvalue weighted by Crippen LogP contribution is 2.31. The van der Waals surface area contributed by atoms with E-state index >= 15 is 0 Å². The summed E-state index contributed by atoms with van der Waals surface area (Å²) in [5.41, 5.74) is 7.68. The third-order valence-electron chi connectivity index (χ3n) is 7.20. The van der Waals surface area contributed by atoms with Gasteiger partial charge in [0.2, 0.25) is 11.8 Å². The molecule has 4 N–H and O–H groups in total. The van der Waals surface area contributed by atoms with Gasteiger partial charge in [-0.3, -0.25) is 14.4 Å². The van der Waals surface area contributed by atoms with Gasteiger partial charge in [0.15, 0.2) is 0 Å². The van der Waals surface area contributed by atoms with Gasteiger partial charge in [-0.15, -0.1) is 0 Å². The van der Waals surface area contributed by atoms with E-state index in [9.17, 15) is 19.2 Å². The van der Waals surface area contributed by atoms with Gasteiger partial charge >= 0.3 is 6.09 Å². The van der Waals surface area contributed by atoms with Crippen LogP contribution in [0.5, 0.6) is 0 Å². The van der Waals surface area contributed by atoms with E-state index in [1.165, 1.54) is 4.90 Å². The van der Waals surface area contributed by atoms with Gasteiger partial charge in [0.1, 0.15) is 17.7 Å². The van der Waals surface area contributed by atoms with E-state index < -0.39 is 54.0 Å². The van der Waals surface area contributed by atoms with E-state index in [0.717, 1.165) is 21.9 Å². The first-order chi connectivity index (χ1) is 19.7. The number of ether oxygens (including phenoxy) is 1. The maximum atomic E-state index is 14.3. The summed E-state index contributed by atoms with van der Waals surface area (Å²) in [4.78, 5) is 54.7. The van der Waals surface area contributed by atoms with Crippen LogP contribution in [-0.4, -0.2) is 46.4 Å². The minimum absolute atomic E-state index is 0.428. The molecule has 0 fully saturated rings. The second-order valence-corrected chi connectivity index (χ2v) is 11.6. The first-order valence-corrected chi connectivity index (χ1v) is 14.2. The summed E-state index contributed by atoms with van der Waals surface area (Å²) in [6, 6.07) is 16.2. The Bertz CT molecular complexity index is 1460. The fourth-order valence-electron chi connectivity index (χ4n) is 4.79. The summed E-state index contributed by atoms with van der Waals surface area (Å²) in [6.45, 7) is 12.6. The average Bonchev–Trinajstić information content (AvgIpc) is 2.91. The smallest absolute Gasteiger partial charge is 0.408 e. The van der Waals surface area contributed by atoms with Crippen LogP contribution in [0.3, 0.4) is 0 Å². The van der Waals surface area contributed by atoms with Crippen LogP contribution in [0.25, 0.3) is 10.8 Å². The number of carbonyl (C=O) groups is 4. The summed E-state index contributed by atoms with van der Waals surface area (Å²) in [5, 5.41) is 7.51. The van der Waals surface area contributed by atoms with Crippen molar-refractivity contribution in [2.75, 3.05) is 5.32 Å². The van der Waals surface area contributed by atoms with Crippen LogP contribution >= 0.6 is 0 Å². The number of anilines is 1. The zero-order valence-corrected chi connectivity index (χ0v) is 25.5. The van der Waals surface area contributed by atoms with Crippen LogP contribution in [-0.2, 0) is 19.1 Å². The van der Waals surface area contributed by atoms with E-state index in [2.05, 4.69) is 10.6 Å². The Kier molecular flexibility index (Phi) is 10.3. The summed E-state index contributed by atoms with van der Waals surface area (Å²) in [5.74, 6) is -1.83. The summed E-state index contributed by atoms with van der Waals surface area (Å²) in [6.07, 6.45) is -0.821. The lowest BCUT2D eigenvalue weighted by atomic mass is 9.93. The summed E-state index contributed by atoms with van der Waals surface area (Å²) < 4.78 is 5.36. The number of hydrogen-bond acceptors (Lipinski definition) is 5. The number of benzene rings is 3. The second kappa shape index (κ2) is 13.5. The van der Waals surface area contributed by atoms with Crippen molar-refractivity contribution in [2.45, 2.75) is 85.0 Å². The molecule has 0 saturated carbocycles. The Labute approximate surface area is 247 Å². The molecule has 3 aromatic rings. The SMILES string of the molecule is CCC(C)N(C(=O)C(CC(N)=O)NC(=O)OC(C)(C)C)C(C(=O)Nc1ccc2ccccc2c1)c1cccc(C)c1C. The van der Waals surface area contributed by atoms with Crippen molar-refractivity contribution >= 4 is 40.3 Å². The molecule has 9 heteroatoms. The molecule has 3 rings (SSSR count). The number of aryl methyl sites for hydroxylation is 1. The summed E-state index contributed by atoms with van der Waals surface area (Å²) >= 11 is 0. The van der Waals surface area contributed by atoms with Crippen molar-refractivity contribution in [1.29, 1.82) is 0 Å². The van der Waals surface area contributed by atoms with Crippen LogP contribution in [0.1, 0.15) is 70.2 Å². The van der Waals surface area contributed by atoms with Gasteiger partial charge in [-0.25, -0.2) is 4.79 Å². The number of alkyl carbamates (subject to hydrolysis) is 1. The fraction of sp³-hybridized carbons (Fsp3) is 0.394. The maximum absolute atomic E-state index is 14.3. The largest absolute Gasteiger partial charge is 0.444 e. The van der Waals surface area contributed by atoms with E-state index in [-0.39, 0.29) is 0 Å². The van der Waals surface area contributed by atoms with Gasteiger partial charge in [-0.05, 0) is 87.6 Å². The van der Waals surface area contributed by atoms with E-state index in [1.807, 2.05) is 88.4 Å². The molecule has 0 radical (unpaired) electrons. The molecule has 0 aromatic heterocycles. The minimum atomic E-state index is -1.34. The maximum Gasteiger partial charge on any atom is 0.408 e. The molecule has 0 aliphatic heterocycles. The van der Waals surface area contributed by atoms with Crippen molar-refractivity contribution in [1.82, 2.24) is 10.2 Å². The summed E-state index contributed by atoms with van der Waals surface area (Å²) in [7, 11) is 0. The lowest BCUT2D eigenvalue weighted by Gasteiger charge is -2.38. The average molecular weight is 575 g/mol. The lowest BCUT2D eigenvalue weighted by molar-refractivity contribution is -0.144. The number of nitrogens with zero attached hydrogens (tertiary/aromatic N) is 1. The number of primary amides is 1. The van der Waals surface area contributed by atoms with Crippen molar-refractivity contribution in [2.24, 2.45) is 5.73 Å². The number of carbonyl (C=O) groups excluding carboxylic acids is 4. The number of nitrogens with two attached hydrogens (primary N) is 1. The number of amides is 4. The standard InChI is InChI=1S/C33H42N4O5/c1-8-21(3)37(31(40)27(19-28(34)38)36-32(41)42-33(5,6)7)29(26-15-11-12-20(2)22(26)4)30(39)35-25-17-16-23-13-9-10-14-24(23)18-25/h9-18,21,27,29H,8,19H2,1-7H3,(H2,34,38)(H,35,39)(H,36,41). The van der Waals surface area contributed by atoms with Gasteiger partial charge in [0.25, 0.3) is 5.91 Å². The number of rotatable bonds is 10. The zero-order chi connectivity index (χ0) is 31.2. The van der Waals surface area contributed by atoms with Crippen LogP contribution in [0.4, 0.5) is 10.5 Å².